The number of rotatable bonds is 0. The zero-order valence-corrected chi connectivity index (χ0v) is 12.2. The molecule has 0 N–H and O–H groups in total. The van der Waals surface area contributed by atoms with Crippen molar-refractivity contribution in [1.29, 1.82) is 0 Å². The molecule has 100 valence electrons. The molecule has 0 bridgehead atoms. The molecule has 0 aromatic rings. The summed E-state index contributed by atoms with van der Waals surface area (Å²) in [6, 6.07) is 0. The first kappa shape index (κ1) is 13.4. The summed E-state index contributed by atoms with van der Waals surface area (Å²) in [5.41, 5.74) is 1.17. The van der Waals surface area contributed by atoms with E-state index in [1.54, 1.807) is 0 Å². The second-order valence-electron chi connectivity index (χ2n) is 7.70. The van der Waals surface area contributed by atoms with E-state index in [2.05, 4.69) is 27.7 Å². The molecule has 1 aliphatic heterocycles. The SMILES string of the molecule is CC1(C)CCCC2OC21.CC1(C)CCCCC1. The Kier molecular flexibility index (Phi) is 3.87. The third-order valence-electron chi connectivity index (χ3n) is 4.87. The van der Waals surface area contributed by atoms with E-state index in [0.29, 0.717) is 23.0 Å². The third kappa shape index (κ3) is 3.71. The number of epoxide rings is 1. The van der Waals surface area contributed by atoms with Gasteiger partial charge in [0.15, 0.2) is 0 Å². The summed E-state index contributed by atoms with van der Waals surface area (Å²) < 4.78 is 5.49. The van der Waals surface area contributed by atoms with E-state index < -0.39 is 0 Å². The van der Waals surface area contributed by atoms with Gasteiger partial charge in [-0.25, -0.2) is 0 Å². The first-order valence-electron chi connectivity index (χ1n) is 7.56. The van der Waals surface area contributed by atoms with Crippen molar-refractivity contribution in [2.24, 2.45) is 10.8 Å². The minimum Gasteiger partial charge on any atom is -0.369 e. The lowest BCUT2D eigenvalue weighted by Gasteiger charge is -2.28. The Morgan fingerprint density at radius 1 is 0.824 bits per heavy atom. The van der Waals surface area contributed by atoms with E-state index in [4.69, 9.17) is 4.74 Å². The summed E-state index contributed by atoms with van der Waals surface area (Å²) in [5, 5.41) is 0. The highest BCUT2D eigenvalue weighted by Crippen LogP contribution is 2.48. The molecule has 0 spiro atoms. The Hall–Kier alpha value is -0.0400. The Labute approximate surface area is 107 Å². The molecule has 3 aliphatic rings. The molecule has 0 radical (unpaired) electrons. The minimum absolute atomic E-state index is 0.489. The van der Waals surface area contributed by atoms with Crippen LogP contribution >= 0.6 is 0 Å². The first-order chi connectivity index (χ1) is 7.91. The molecule has 2 aliphatic carbocycles. The van der Waals surface area contributed by atoms with E-state index in [1.165, 1.54) is 51.4 Å². The zero-order valence-electron chi connectivity index (χ0n) is 12.2. The lowest BCUT2D eigenvalue weighted by Crippen LogP contribution is -2.24. The van der Waals surface area contributed by atoms with Crippen LogP contribution in [0.5, 0.6) is 0 Å². The minimum atomic E-state index is 0.489. The molecule has 1 heteroatoms. The van der Waals surface area contributed by atoms with Gasteiger partial charge in [0.1, 0.15) is 0 Å². The Morgan fingerprint density at radius 3 is 1.88 bits per heavy atom. The standard InChI is InChI=1S/C8H14O.C8H16/c1-8(2)5-3-4-6-7(8)9-6;1-8(2)6-4-3-5-7-8/h6-7H,3-5H2,1-2H3;3-7H2,1-2H3. The van der Waals surface area contributed by atoms with Crippen LogP contribution in [0.1, 0.15) is 79.1 Å². The summed E-state index contributed by atoms with van der Waals surface area (Å²) in [6.45, 7) is 9.39. The van der Waals surface area contributed by atoms with E-state index in [1.807, 2.05) is 0 Å². The summed E-state index contributed by atoms with van der Waals surface area (Å²) in [4.78, 5) is 0. The predicted octanol–water partition coefficient (Wildman–Crippen LogP) is 4.94. The van der Waals surface area contributed by atoms with Crippen LogP contribution < -0.4 is 0 Å². The van der Waals surface area contributed by atoms with Crippen molar-refractivity contribution in [3.8, 4) is 0 Å². The van der Waals surface area contributed by atoms with Gasteiger partial charge < -0.3 is 4.74 Å². The van der Waals surface area contributed by atoms with Crippen LogP contribution in [-0.4, -0.2) is 12.2 Å². The van der Waals surface area contributed by atoms with E-state index in [0.717, 1.165) is 0 Å². The molecule has 0 amide bonds. The third-order valence-corrected chi connectivity index (χ3v) is 4.87. The second-order valence-corrected chi connectivity index (χ2v) is 7.70. The Balaban J connectivity index is 0.000000128. The van der Waals surface area contributed by atoms with Gasteiger partial charge >= 0.3 is 0 Å². The van der Waals surface area contributed by atoms with Crippen LogP contribution in [0.2, 0.25) is 0 Å². The van der Waals surface area contributed by atoms with Gasteiger partial charge in [-0.1, -0.05) is 53.4 Å². The summed E-state index contributed by atoms with van der Waals surface area (Å²) in [7, 11) is 0. The highest BCUT2D eigenvalue weighted by molar-refractivity contribution is 4.99. The molecular weight excluding hydrogens is 208 g/mol. The van der Waals surface area contributed by atoms with Gasteiger partial charge in [0.05, 0.1) is 12.2 Å². The summed E-state index contributed by atoms with van der Waals surface area (Å²) >= 11 is 0. The lowest BCUT2D eigenvalue weighted by atomic mass is 9.77. The largest absolute Gasteiger partial charge is 0.369 e. The van der Waals surface area contributed by atoms with Crippen molar-refractivity contribution in [2.45, 2.75) is 91.3 Å². The lowest BCUT2D eigenvalue weighted by molar-refractivity contribution is 0.229. The van der Waals surface area contributed by atoms with Gasteiger partial charge in [-0.05, 0) is 36.5 Å². The topological polar surface area (TPSA) is 12.5 Å². The zero-order chi connectivity index (χ0) is 12.5. The fourth-order valence-electron chi connectivity index (χ4n) is 3.46. The molecular formula is C16H30O. The monoisotopic (exact) mass is 238 g/mol. The van der Waals surface area contributed by atoms with Gasteiger partial charge in [0.2, 0.25) is 0 Å². The van der Waals surface area contributed by atoms with Crippen LogP contribution in [0, 0.1) is 10.8 Å². The van der Waals surface area contributed by atoms with Crippen LogP contribution in [0.25, 0.3) is 0 Å². The van der Waals surface area contributed by atoms with Gasteiger partial charge in [0, 0.05) is 0 Å². The number of hydrogen-bond donors (Lipinski definition) is 0. The molecule has 2 saturated carbocycles. The summed E-state index contributed by atoms with van der Waals surface area (Å²) in [5.74, 6) is 0. The number of hydrogen-bond acceptors (Lipinski definition) is 1. The number of ether oxygens (including phenoxy) is 1. The highest BCUT2D eigenvalue weighted by atomic mass is 16.6. The van der Waals surface area contributed by atoms with Crippen LogP contribution in [0.15, 0.2) is 0 Å². The van der Waals surface area contributed by atoms with Gasteiger partial charge in [-0.2, -0.15) is 0 Å². The molecule has 3 rings (SSSR count). The normalized spacial score (nSPS) is 37.4. The van der Waals surface area contributed by atoms with Gasteiger partial charge in [0.25, 0.3) is 0 Å². The Bertz CT molecular complexity index is 246. The summed E-state index contributed by atoms with van der Waals surface area (Å²) in [6.07, 6.45) is 12.6. The maximum atomic E-state index is 5.49. The first-order valence-corrected chi connectivity index (χ1v) is 7.56. The van der Waals surface area contributed by atoms with Crippen LogP contribution in [0.4, 0.5) is 0 Å². The van der Waals surface area contributed by atoms with Crippen molar-refractivity contribution >= 4 is 0 Å². The Morgan fingerprint density at radius 2 is 1.47 bits per heavy atom. The average molecular weight is 238 g/mol. The molecule has 1 heterocycles. The molecule has 17 heavy (non-hydrogen) atoms. The average Bonchev–Trinajstić information content (AvgIpc) is 2.98. The van der Waals surface area contributed by atoms with Gasteiger partial charge in [-0.15, -0.1) is 0 Å². The highest BCUT2D eigenvalue weighted by Gasteiger charge is 2.51. The van der Waals surface area contributed by atoms with Gasteiger partial charge in [-0.3, -0.25) is 0 Å². The molecule has 1 nitrogen and oxygen atoms in total. The van der Waals surface area contributed by atoms with Crippen molar-refractivity contribution < 1.29 is 4.74 Å². The molecule has 2 atom stereocenters. The second kappa shape index (κ2) is 4.91. The van der Waals surface area contributed by atoms with Crippen molar-refractivity contribution in [1.82, 2.24) is 0 Å². The van der Waals surface area contributed by atoms with E-state index in [-0.39, 0.29) is 0 Å². The van der Waals surface area contributed by atoms with E-state index in [9.17, 15) is 0 Å². The van der Waals surface area contributed by atoms with Crippen LogP contribution in [0.3, 0.4) is 0 Å². The molecule has 0 aromatic heterocycles. The van der Waals surface area contributed by atoms with Crippen molar-refractivity contribution in [3.63, 3.8) is 0 Å². The molecule has 3 fully saturated rings. The maximum Gasteiger partial charge on any atom is 0.0892 e. The van der Waals surface area contributed by atoms with Crippen molar-refractivity contribution in [3.05, 3.63) is 0 Å². The molecule has 2 unspecified atom stereocenters. The predicted molar refractivity (Wildman–Crippen MR) is 73.2 cm³/mol. The smallest absolute Gasteiger partial charge is 0.0892 e. The number of fused-ring (bicyclic) bond motifs is 1. The maximum absolute atomic E-state index is 5.49. The molecule has 0 aromatic carbocycles. The van der Waals surface area contributed by atoms with Crippen LogP contribution in [-0.2, 0) is 4.74 Å². The fourth-order valence-corrected chi connectivity index (χ4v) is 3.46. The van der Waals surface area contributed by atoms with E-state index >= 15 is 0 Å². The fraction of sp³-hybridized carbons (Fsp3) is 1.00. The van der Waals surface area contributed by atoms with Crippen molar-refractivity contribution in [2.75, 3.05) is 0 Å². The quantitative estimate of drug-likeness (QED) is 0.544. The molecule has 1 saturated heterocycles.